The van der Waals surface area contributed by atoms with E-state index in [-0.39, 0.29) is 11.8 Å². The monoisotopic (exact) mass is 389 g/mol. The van der Waals surface area contributed by atoms with Crippen LogP contribution in [0.1, 0.15) is 35.5 Å². The first-order valence-electron chi connectivity index (χ1n) is 8.76. The first-order chi connectivity index (χ1) is 12.6. The molecule has 1 aromatic heterocycles. The lowest BCUT2D eigenvalue weighted by atomic mass is 10.2. The Bertz CT molecular complexity index is 776. The number of carbonyl (C=O) groups excluding carboxylic acids is 2. The van der Waals surface area contributed by atoms with E-state index in [0.717, 1.165) is 46.4 Å². The molecule has 0 atom stereocenters. The number of thioether (sulfide) groups is 1. The maximum atomic E-state index is 12.0. The van der Waals surface area contributed by atoms with Gasteiger partial charge in [0.15, 0.2) is 0 Å². The highest BCUT2D eigenvalue weighted by atomic mass is 32.2. The van der Waals surface area contributed by atoms with E-state index in [2.05, 4.69) is 15.7 Å². The number of aryl methyl sites for hydroxylation is 1. The minimum atomic E-state index is 0.0506. The molecule has 26 heavy (non-hydrogen) atoms. The van der Waals surface area contributed by atoms with Crippen LogP contribution >= 0.6 is 23.1 Å². The topological polar surface area (TPSA) is 62.3 Å². The molecule has 1 saturated heterocycles. The number of benzene rings is 1. The number of thiazole rings is 1. The van der Waals surface area contributed by atoms with E-state index in [4.69, 9.17) is 0 Å². The lowest BCUT2D eigenvalue weighted by molar-refractivity contribution is -0.121. The lowest BCUT2D eigenvalue weighted by Crippen LogP contribution is -2.25. The third-order valence-electron chi connectivity index (χ3n) is 4.18. The van der Waals surface area contributed by atoms with Gasteiger partial charge in [0.1, 0.15) is 0 Å². The summed E-state index contributed by atoms with van der Waals surface area (Å²) in [5, 5.41) is 6.11. The fraction of sp³-hybridized carbons (Fsp3) is 0.421. The van der Waals surface area contributed by atoms with Crippen LogP contribution in [0.5, 0.6) is 0 Å². The predicted octanol–water partition coefficient (Wildman–Crippen LogP) is 3.52. The zero-order valence-corrected chi connectivity index (χ0v) is 16.5. The molecule has 1 aliphatic rings. The minimum Gasteiger partial charge on any atom is -0.352 e. The Morgan fingerprint density at radius 2 is 2.31 bits per heavy atom. The van der Waals surface area contributed by atoms with Gasteiger partial charge in [-0.25, -0.2) is 4.98 Å². The smallest absolute Gasteiger partial charge is 0.227 e. The number of aromatic nitrogens is 1. The average Bonchev–Trinajstić information content (AvgIpc) is 3.25. The van der Waals surface area contributed by atoms with Crippen molar-refractivity contribution in [2.75, 3.05) is 17.2 Å². The molecule has 1 N–H and O–H groups in total. The van der Waals surface area contributed by atoms with Gasteiger partial charge in [0, 0.05) is 48.5 Å². The fourth-order valence-electron chi connectivity index (χ4n) is 2.86. The van der Waals surface area contributed by atoms with Gasteiger partial charge in [-0.2, -0.15) is 11.8 Å². The molecule has 0 radical (unpaired) electrons. The van der Waals surface area contributed by atoms with E-state index >= 15 is 0 Å². The second-order valence-electron chi connectivity index (χ2n) is 6.26. The van der Waals surface area contributed by atoms with Crippen molar-refractivity contribution in [2.45, 2.75) is 38.5 Å². The van der Waals surface area contributed by atoms with Gasteiger partial charge in [0.2, 0.25) is 11.8 Å². The summed E-state index contributed by atoms with van der Waals surface area (Å²) in [5.74, 6) is 1.86. The molecule has 138 valence electrons. The molecule has 1 aliphatic heterocycles. The quantitative estimate of drug-likeness (QED) is 0.702. The summed E-state index contributed by atoms with van der Waals surface area (Å²) in [7, 11) is 0. The first-order valence-corrected chi connectivity index (χ1v) is 10.8. The second-order valence-corrected chi connectivity index (χ2v) is 8.42. The highest BCUT2D eigenvalue weighted by Crippen LogP contribution is 2.22. The van der Waals surface area contributed by atoms with E-state index < -0.39 is 0 Å². The molecule has 1 fully saturated rings. The van der Waals surface area contributed by atoms with Crippen LogP contribution in [0.25, 0.3) is 0 Å². The number of amides is 2. The van der Waals surface area contributed by atoms with Crippen molar-refractivity contribution < 1.29 is 9.59 Å². The van der Waals surface area contributed by atoms with Crippen molar-refractivity contribution in [1.82, 2.24) is 10.3 Å². The number of anilines is 1. The number of nitrogens with one attached hydrogen (secondary N) is 1. The Hall–Kier alpha value is -1.86. The Kier molecular flexibility index (Phi) is 6.68. The van der Waals surface area contributed by atoms with Crippen LogP contribution in [0.15, 0.2) is 29.6 Å². The Labute approximate surface area is 162 Å². The zero-order valence-electron chi connectivity index (χ0n) is 14.9. The number of carbonyl (C=O) groups is 2. The van der Waals surface area contributed by atoms with E-state index in [1.807, 2.05) is 36.1 Å². The van der Waals surface area contributed by atoms with Crippen LogP contribution in [0.3, 0.4) is 0 Å². The Morgan fingerprint density at radius 1 is 1.42 bits per heavy atom. The summed E-state index contributed by atoms with van der Waals surface area (Å²) in [6.45, 7) is 3.27. The van der Waals surface area contributed by atoms with Gasteiger partial charge in [-0.05, 0) is 31.0 Å². The summed E-state index contributed by atoms with van der Waals surface area (Å²) in [5.41, 5.74) is 3.03. The van der Waals surface area contributed by atoms with Crippen molar-refractivity contribution in [3.05, 3.63) is 45.9 Å². The van der Waals surface area contributed by atoms with Gasteiger partial charge >= 0.3 is 0 Å². The number of rotatable bonds is 8. The summed E-state index contributed by atoms with van der Waals surface area (Å²) in [4.78, 5) is 30.1. The van der Waals surface area contributed by atoms with Crippen molar-refractivity contribution in [2.24, 2.45) is 0 Å². The van der Waals surface area contributed by atoms with Crippen LogP contribution < -0.4 is 10.2 Å². The molecule has 3 rings (SSSR count). The van der Waals surface area contributed by atoms with Crippen LogP contribution in [-0.4, -0.2) is 29.1 Å². The Balaban J connectivity index is 1.39. The second kappa shape index (κ2) is 9.19. The Morgan fingerprint density at radius 3 is 3.04 bits per heavy atom. The molecular formula is C19H23N3O2S2. The normalized spacial score (nSPS) is 14.0. The molecule has 1 aromatic carbocycles. The maximum absolute atomic E-state index is 12.0. The van der Waals surface area contributed by atoms with Crippen LogP contribution in [-0.2, 0) is 21.9 Å². The lowest BCUT2D eigenvalue weighted by Gasteiger charge is -2.16. The fourth-order valence-corrected chi connectivity index (χ4v) is 4.41. The maximum Gasteiger partial charge on any atom is 0.227 e. The van der Waals surface area contributed by atoms with Crippen LogP contribution in [0.2, 0.25) is 0 Å². The minimum absolute atomic E-state index is 0.0506. The summed E-state index contributed by atoms with van der Waals surface area (Å²) >= 11 is 3.38. The van der Waals surface area contributed by atoms with Crippen molar-refractivity contribution in [1.29, 1.82) is 0 Å². The van der Waals surface area contributed by atoms with Crippen molar-refractivity contribution in [3.63, 3.8) is 0 Å². The molecule has 2 heterocycles. The standard InChI is InChI=1S/C19H23N3O2S2/c1-14-21-16(13-26-14)12-25-9-7-18(23)20-11-15-4-2-5-17(10-15)22-8-3-6-19(22)24/h2,4-5,10,13H,3,6-9,11-12H2,1H3,(H,20,23). The summed E-state index contributed by atoms with van der Waals surface area (Å²) < 4.78 is 0. The van der Waals surface area contributed by atoms with Gasteiger partial charge < -0.3 is 10.2 Å². The molecule has 2 aromatic rings. The number of hydrogen-bond acceptors (Lipinski definition) is 5. The summed E-state index contributed by atoms with van der Waals surface area (Å²) in [6.07, 6.45) is 2.04. The molecule has 5 nitrogen and oxygen atoms in total. The van der Waals surface area contributed by atoms with Crippen molar-refractivity contribution in [3.8, 4) is 0 Å². The average molecular weight is 390 g/mol. The van der Waals surface area contributed by atoms with E-state index in [1.165, 1.54) is 0 Å². The highest BCUT2D eigenvalue weighted by Gasteiger charge is 2.21. The molecule has 0 bridgehead atoms. The van der Waals surface area contributed by atoms with Gasteiger partial charge in [0.05, 0.1) is 10.7 Å². The molecule has 0 aliphatic carbocycles. The van der Waals surface area contributed by atoms with Crippen LogP contribution in [0, 0.1) is 6.92 Å². The third-order valence-corrected chi connectivity index (χ3v) is 5.99. The molecule has 7 heteroatoms. The molecule has 0 spiro atoms. The van der Waals surface area contributed by atoms with Gasteiger partial charge in [0.25, 0.3) is 0 Å². The molecule has 0 unspecified atom stereocenters. The molecule has 0 saturated carbocycles. The van der Waals surface area contributed by atoms with E-state index in [9.17, 15) is 9.59 Å². The van der Waals surface area contributed by atoms with E-state index in [1.54, 1.807) is 23.1 Å². The largest absolute Gasteiger partial charge is 0.352 e. The van der Waals surface area contributed by atoms with Gasteiger partial charge in [-0.15, -0.1) is 11.3 Å². The van der Waals surface area contributed by atoms with E-state index in [0.29, 0.717) is 19.4 Å². The first kappa shape index (κ1) is 18.9. The predicted molar refractivity (Wildman–Crippen MR) is 108 cm³/mol. The summed E-state index contributed by atoms with van der Waals surface area (Å²) in [6, 6.07) is 7.85. The van der Waals surface area contributed by atoms with Gasteiger partial charge in [-0.1, -0.05) is 12.1 Å². The molecular weight excluding hydrogens is 366 g/mol. The SMILES string of the molecule is Cc1nc(CSCCC(=O)NCc2cccc(N3CCCC3=O)c2)cs1. The van der Waals surface area contributed by atoms with Gasteiger partial charge in [-0.3, -0.25) is 9.59 Å². The zero-order chi connectivity index (χ0) is 18.4. The molecule has 2 amide bonds. The third kappa shape index (κ3) is 5.32. The van der Waals surface area contributed by atoms with Crippen LogP contribution in [0.4, 0.5) is 5.69 Å². The highest BCUT2D eigenvalue weighted by molar-refractivity contribution is 7.98. The number of hydrogen-bond donors (Lipinski definition) is 1. The van der Waals surface area contributed by atoms with Crippen molar-refractivity contribution >= 4 is 40.6 Å². The number of nitrogens with zero attached hydrogens (tertiary/aromatic N) is 2.